The average Bonchev–Trinajstić information content (AvgIpc) is 3.10. The number of hydrogen-bond donors (Lipinski definition) is 1. The van der Waals surface area contributed by atoms with Crippen molar-refractivity contribution in [2.24, 2.45) is 0 Å². The molecule has 2 heterocycles. The topological polar surface area (TPSA) is 97.6 Å². The van der Waals surface area contributed by atoms with Gasteiger partial charge in [0.25, 0.3) is 0 Å². The summed E-state index contributed by atoms with van der Waals surface area (Å²) in [5, 5.41) is 9.24. The predicted octanol–water partition coefficient (Wildman–Crippen LogP) is 4.14. The quantitative estimate of drug-likeness (QED) is 0.570. The maximum absolute atomic E-state index is 11.9. The molecule has 0 spiro atoms. The Labute approximate surface area is 191 Å². The van der Waals surface area contributed by atoms with Crippen molar-refractivity contribution in [3.8, 4) is 11.4 Å². The van der Waals surface area contributed by atoms with Crippen molar-refractivity contribution in [2.45, 2.75) is 50.8 Å². The van der Waals surface area contributed by atoms with Crippen molar-refractivity contribution >= 4 is 21.9 Å². The first-order valence-electron chi connectivity index (χ1n) is 10.6. The fourth-order valence-electron chi connectivity index (χ4n) is 4.56. The summed E-state index contributed by atoms with van der Waals surface area (Å²) in [5.74, 6) is 2.33. The van der Waals surface area contributed by atoms with Crippen LogP contribution in [-0.4, -0.2) is 38.1 Å². The SMILES string of the molecule is O=S(=O)(O)N1Cc2cc(Cl)ccc2-n2c(nnc2C2CCC(Oc3ccccc3)CC2)C1. The number of ether oxygens (including phenoxy) is 1. The van der Waals surface area contributed by atoms with Gasteiger partial charge >= 0.3 is 10.3 Å². The Hall–Kier alpha value is -2.46. The molecule has 2 aromatic carbocycles. The van der Waals surface area contributed by atoms with E-state index in [1.54, 1.807) is 12.1 Å². The Bertz CT molecular complexity index is 1220. The molecule has 1 saturated carbocycles. The number of halogens is 1. The highest BCUT2D eigenvalue weighted by Gasteiger charge is 2.33. The van der Waals surface area contributed by atoms with Crippen LogP contribution in [0, 0.1) is 0 Å². The van der Waals surface area contributed by atoms with Crippen molar-refractivity contribution in [3.63, 3.8) is 0 Å². The molecule has 2 aliphatic rings. The summed E-state index contributed by atoms with van der Waals surface area (Å²) >= 11 is 6.18. The van der Waals surface area contributed by atoms with Gasteiger partial charge in [-0.25, -0.2) is 0 Å². The largest absolute Gasteiger partial charge is 0.490 e. The van der Waals surface area contributed by atoms with Gasteiger partial charge in [0.2, 0.25) is 0 Å². The molecule has 0 atom stereocenters. The molecule has 0 amide bonds. The molecule has 32 heavy (non-hydrogen) atoms. The van der Waals surface area contributed by atoms with Gasteiger partial charge in [-0.1, -0.05) is 29.8 Å². The van der Waals surface area contributed by atoms with Gasteiger partial charge in [-0.2, -0.15) is 12.7 Å². The second kappa shape index (κ2) is 8.47. The van der Waals surface area contributed by atoms with Crippen molar-refractivity contribution in [3.05, 3.63) is 70.8 Å². The number of para-hydroxylation sites is 1. The molecule has 5 rings (SSSR count). The number of fused-ring (bicyclic) bond motifs is 3. The van der Waals surface area contributed by atoms with Crippen LogP contribution in [0.5, 0.6) is 5.75 Å². The van der Waals surface area contributed by atoms with Gasteiger partial charge in [0.1, 0.15) is 11.6 Å². The lowest BCUT2D eigenvalue weighted by Crippen LogP contribution is -2.29. The van der Waals surface area contributed by atoms with Gasteiger partial charge < -0.3 is 4.74 Å². The van der Waals surface area contributed by atoms with Crippen LogP contribution in [0.25, 0.3) is 5.69 Å². The van der Waals surface area contributed by atoms with E-state index in [2.05, 4.69) is 10.2 Å². The van der Waals surface area contributed by atoms with Crippen LogP contribution in [0.4, 0.5) is 0 Å². The summed E-state index contributed by atoms with van der Waals surface area (Å²) in [4.78, 5) is 0. The smallest absolute Gasteiger partial charge is 0.336 e. The number of benzene rings is 2. The molecule has 168 valence electrons. The summed E-state index contributed by atoms with van der Waals surface area (Å²) in [6, 6.07) is 15.2. The van der Waals surface area contributed by atoms with E-state index in [-0.39, 0.29) is 25.1 Å². The van der Waals surface area contributed by atoms with Crippen LogP contribution in [0.3, 0.4) is 0 Å². The van der Waals surface area contributed by atoms with Crippen LogP contribution in [0.1, 0.15) is 48.8 Å². The summed E-state index contributed by atoms with van der Waals surface area (Å²) in [5.41, 5.74) is 1.48. The molecular weight excluding hydrogens is 452 g/mol. The van der Waals surface area contributed by atoms with Crippen molar-refractivity contribution in [2.75, 3.05) is 0 Å². The summed E-state index contributed by atoms with van der Waals surface area (Å²) < 4.78 is 42.5. The maximum atomic E-state index is 11.9. The van der Waals surface area contributed by atoms with E-state index in [0.29, 0.717) is 16.4 Å². The lowest BCUT2D eigenvalue weighted by atomic mass is 9.86. The molecule has 0 saturated heterocycles. The highest BCUT2D eigenvalue weighted by atomic mass is 35.5. The summed E-state index contributed by atoms with van der Waals surface area (Å²) in [7, 11) is -4.41. The van der Waals surface area contributed by atoms with Crippen LogP contribution in [0.15, 0.2) is 48.5 Å². The van der Waals surface area contributed by atoms with Gasteiger partial charge in [0.05, 0.1) is 18.3 Å². The first-order chi connectivity index (χ1) is 15.4. The van der Waals surface area contributed by atoms with Crippen LogP contribution in [0.2, 0.25) is 5.02 Å². The molecule has 0 unspecified atom stereocenters. The second-order valence-electron chi connectivity index (χ2n) is 8.23. The number of rotatable bonds is 4. The van der Waals surface area contributed by atoms with E-state index in [1.807, 2.05) is 41.0 Å². The van der Waals surface area contributed by atoms with E-state index < -0.39 is 10.3 Å². The van der Waals surface area contributed by atoms with E-state index in [4.69, 9.17) is 16.3 Å². The third-order valence-electron chi connectivity index (χ3n) is 6.11. The molecular formula is C22H23ClN4O4S. The van der Waals surface area contributed by atoms with Gasteiger partial charge in [0.15, 0.2) is 5.82 Å². The average molecular weight is 475 g/mol. The molecule has 0 bridgehead atoms. The van der Waals surface area contributed by atoms with Crippen LogP contribution < -0.4 is 4.74 Å². The van der Waals surface area contributed by atoms with Gasteiger partial charge in [-0.15, -0.1) is 10.2 Å². The van der Waals surface area contributed by atoms with Crippen LogP contribution >= 0.6 is 11.6 Å². The van der Waals surface area contributed by atoms with E-state index in [9.17, 15) is 13.0 Å². The fraction of sp³-hybridized carbons (Fsp3) is 0.364. The molecule has 1 N–H and O–H groups in total. The molecule has 3 aromatic rings. The second-order valence-corrected chi connectivity index (χ2v) is 10.1. The van der Waals surface area contributed by atoms with E-state index >= 15 is 0 Å². The number of hydrogen-bond acceptors (Lipinski definition) is 5. The minimum absolute atomic E-state index is 0.00911. The third kappa shape index (κ3) is 4.25. The molecule has 10 heteroatoms. The van der Waals surface area contributed by atoms with Gasteiger partial charge in [0, 0.05) is 17.5 Å². The minimum Gasteiger partial charge on any atom is -0.490 e. The Morgan fingerprint density at radius 1 is 1.00 bits per heavy atom. The normalized spacial score (nSPS) is 21.4. The Kier molecular flexibility index (Phi) is 5.66. The van der Waals surface area contributed by atoms with Crippen molar-refractivity contribution in [1.29, 1.82) is 0 Å². The minimum atomic E-state index is -4.41. The van der Waals surface area contributed by atoms with E-state index in [0.717, 1.165) is 47.2 Å². The summed E-state index contributed by atoms with van der Waals surface area (Å²) in [6.07, 6.45) is 3.72. The molecule has 1 aliphatic carbocycles. The molecule has 8 nitrogen and oxygen atoms in total. The lowest BCUT2D eigenvalue weighted by Gasteiger charge is -2.29. The summed E-state index contributed by atoms with van der Waals surface area (Å²) in [6.45, 7) is -0.0558. The Morgan fingerprint density at radius 2 is 1.75 bits per heavy atom. The number of aromatic nitrogens is 3. The van der Waals surface area contributed by atoms with E-state index in [1.165, 1.54) is 0 Å². The molecule has 0 radical (unpaired) electrons. The fourth-order valence-corrected chi connectivity index (χ4v) is 5.33. The van der Waals surface area contributed by atoms with Crippen LogP contribution in [-0.2, 0) is 23.4 Å². The van der Waals surface area contributed by atoms with Gasteiger partial charge in [-0.3, -0.25) is 9.12 Å². The molecule has 1 fully saturated rings. The Morgan fingerprint density at radius 3 is 2.47 bits per heavy atom. The van der Waals surface area contributed by atoms with Crippen molar-refractivity contribution in [1.82, 2.24) is 19.1 Å². The zero-order chi connectivity index (χ0) is 22.3. The highest BCUT2D eigenvalue weighted by molar-refractivity contribution is 7.83. The zero-order valence-electron chi connectivity index (χ0n) is 17.3. The number of nitrogens with zero attached hydrogens (tertiary/aromatic N) is 4. The monoisotopic (exact) mass is 474 g/mol. The molecule has 1 aromatic heterocycles. The standard InChI is InChI=1S/C22H23ClN4O4S/c23-17-8-11-20-16(12-17)13-26(32(28,29)30)14-21-24-25-22(27(20)21)15-6-9-19(10-7-15)31-18-4-2-1-3-5-18/h1-5,8,11-12,15,19H,6-7,9-10,13-14H2,(H,28,29,30). The van der Waals surface area contributed by atoms with Crippen molar-refractivity contribution < 1.29 is 17.7 Å². The highest BCUT2D eigenvalue weighted by Crippen LogP contribution is 2.37. The zero-order valence-corrected chi connectivity index (χ0v) is 18.8. The predicted molar refractivity (Wildman–Crippen MR) is 119 cm³/mol. The Balaban J connectivity index is 1.43. The molecule has 1 aliphatic heterocycles. The first kappa shape index (κ1) is 21.4. The van der Waals surface area contributed by atoms with Gasteiger partial charge in [-0.05, 0) is 61.6 Å². The first-order valence-corrected chi connectivity index (χ1v) is 12.3. The maximum Gasteiger partial charge on any atom is 0.336 e. The lowest BCUT2D eigenvalue weighted by molar-refractivity contribution is 0.144. The third-order valence-corrected chi connectivity index (χ3v) is 7.26.